The maximum atomic E-state index is 5.35. The van der Waals surface area contributed by atoms with E-state index in [-0.39, 0.29) is 58.2 Å². The van der Waals surface area contributed by atoms with Gasteiger partial charge in [-0.2, -0.15) is 0 Å². The van der Waals surface area contributed by atoms with E-state index in [2.05, 4.69) is 5.38 Å². The molecule has 1 aromatic rings. The van der Waals surface area contributed by atoms with Crippen LogP contribution in [0.5, 0.6) is 11.5 Å². The summed E-state index contributed by atoms with van der Waals surface area (Å²) in [5.41, 5.74) is 0. The molecule has 0 N–H and O–H groups in total. The van der Waals surface area contributed by atoms with Crippen LogP contribution in [0.25, 0.3) is 0 Å². The second-order valence-corrected chi connectivity index (χ2v) is 3.14. The minimum Gasteiger partial charge on any atom is -0.554 e. The summed E-state index contributed by atoms with van der Waals surface area (Å²) in [6.07, 6.45) is 0. The molecular formula is C7H7O2RbS. The number of rotatable bonds is 0. The summed E-state index contributed by atoms with van der Waals surface area (Å²) in [4.78, 5) is 1.15. The molecule has 1 aliphatic heterocycles. The Balaban J connectivity index is 0.000000605. The zero-order chi connectivity index (χ0) is 6.97. The van der Waals surface area contributed by atoms with Crippen LogP contribution >= 0.6 is 11.3 Å². The quantitative estimate of drug-likeness (QED) is 0.521. The first kappa shape index (κ1) is 10.2. The van der Waals surface area contributed by atoms with Crippen LogP contribution < -0.4 is 67.7 Å². The summed E-state index contributed by atoms with van der Waals surface area (Å²) in [5.74, 6) is 1.67. The number of ether oxygens (including phenoxy) is 2. The molecule has 2 nitrogen and oxygen atoms in total. The van der Waals surface area contributed by atoms with Crippen molar-refractivity contribution in [2.24, 2.45) is 0 Å². The van der Waals surface area contributed by atoms with Crippen LogP contribution in [-0.4, -0.2) is 13.2 Å². The Morgan fingerprint density at radius 2 is 2.09 bits per heavy atom. The molecule has 0 unspecified atom stereocenters. The number of hydrogen-bond acceptors (Lipinski definition) is 3. The summed E-state index contributed by atoms with van der Waals surface area (Å²) in [7, 11) is 0. The fourth-order valence-corrected chi connectivity index (χ4v) is 1.57. The van der Waals surface area contributed by atoms with Gasteiger partial charge in [-0.1, -0.05) is 12.3 Å². The van der Waals surface area contributed by atoms with Crippen LogP contribution in [0.2, 0.25) is 0 Å². The van der Waals surface area contributed by atoms with Gasteiger partial charge in [0, 0.05) is 11.5 Å². The molecule has 0 saturated heterocycles. The first-order valence-corrected chi connectivity index (χ1v) is 3.96. The van der Waals surface area contributed by atoms with Crippen molar-refractivity contribution in [3.05, 3.63) is 10.3 Å². The topological polar surface area (TPSA) is 18.5 Å². The minimum absolute atomic E-state index is 0. The maximum absolute atomic E-state index is 5.35. The number of hydrogen-bond donors (Lipinski definition) is 0. The molecule has 1 aliphatic rings. The predicted octanol–water partition coefficient (Wildman–Crippen LogP) is -1.37. The Labute approximate surface area is 119 Å². The molecule has 2 rings (SSSR count). The number of fused-ring (bicyclic) bond motifs is 1. The van der Waals surface area contributed by atoms with E-state index in [1.54, 1.807) is 11.3 Å². The molecule has 0 bridgehead atoms. The van der Waals surface area contributed by atoms with E-state index >= 15 is 0 Å². The first-order chi connectivity index (χ1) is 4.88. The first-order valence-electron chi connectivity index (χ1n) is 3.14. The average molecular weight is 241 g/mol. The van der Waals surface area contributed by atoms with Crippen LogP contribution in [0.1, 0.15) is 4.88 Å². The summed E-state index contributed by atoms with van der Waals surface area (Å²) in [6, 6.07) is 0. The Morgan fingerprint density at radius 3 is 2.82 bits per heavy atom. The van der Waals surface area contributed by atoms with Gasteiger partial charge in [0.25, 0.3) is 0 Å². The third-order valence-electron chi connectivity index (χ3n) is 1.40. The van der Waals surface area contributed by atoms with Crippen molar-refractivity contribution < 1.29 is 67.7 Å². The third-order valence-corrected chi connectivity index (χ3v) is 2.18. The van der Waals surface area contributed by atoms with E-state index in [0.717, 1.165) is 16.4 Å². The van der Waals surface area contributed by atoms with Gasteiger partial charge in [-0.15, -0.1) is 4.88 Å². The molecule has 0 amide bonds. The molecule has 0 radical (unpaired) electrons. The van der Waals surface area contributed by atoms with Crippen molar-refractivity contribution in [1.29, 1.82) is 0 Å². The molecule has 0 aromatic carbocycles. The Kier molecular flexibility index (Phi) is 4.05. The molecule has 54 valence electrons. The van der Waals surface area contributed by atoms with Gasteiger partial charge in [0.2, 0.25) is 0 Å². The van der Waals surface area contributed by atoms with Crippen molar-refractivity contribution in [1.82, 2.24) is 0 Å². The maximum Gasteiger partial charge on any atom is 1.00 e. The van der Waals surface area contributed by atoms with E-state index in [9.17, 15) is 0 Å². The van der Waals surface area contributed by atoms with Gasteiger partial charge >= 0.3 is 58.2 Å². The molecular weight excluding hydrogens is 234 g/mol. The van der Waals surface area contributed by atoms with Gasteiger partial charge in [-0.05, 0) is 0 Å². The minimum atomic E-state index is 0. The van der Waals surface area contributed by atoms with Crippen molar-refractivity contribution in [2.45, 2.75) is 6.92 Å². The molecule has 0 fully saturated rings. The second kappa shape index (κ2) is 4.37. The SMILES string of the molecule is Cc1s[c-]c2c1OCCO2.[Rb+]. The van der Waals surface area contributed by atoms with E-state index in [1.807, 2.05) is 6.92 Å². The van der Waals surface area contributed by atoms with Gasteiger partial charge in [0.05, 0.1) is 0 Å². The van der Waals surface area contributed by atoms with Crippen LogP contribution in [0.15, 0.2) is 0 Å². The molecule has 0 atom stereocenters. The fourth-order valence-electron chi connectivity index (χ4n) is 0.925. The normalized spacial score (nSPS) is 13.9. The Hall–Kier alpha value is 1.11. The van der Waals surface area contributed by atoms with Crippen LogP contribution in [0, 0.1) is 12.3 Å². The summed E-state index contributed by atoms with van der Waals surface area (Å²) < 4.78 is 10.6. The summed E-state index contributed by atoms with van der Waals surface area (Å²) in [5, 5.41) is 3.02. The smallest absolute Gasteiger partial charge is 0.554 e. The fraction of sp³-hybridized carbons (Fsp3) is 0.429. The predicted molar refractivity (Wildman–Crippen MR) is 38.9 cm³/mol. The van der Waals surface area contributed by atoms with E-state index in [4.69, 9.17) is 9.47 Å². The van der Waals surface area contributed by atoms with Gasteiger partial charge < -0.3 is 9.47 Å². The molecule has 0 saturated carbocycles. The van der Waals surface area contributed by atoms with Crippen molar-refractivity contribution in [3.8, 4) is 11.5 Å². The van der Waals surface area contributed by atoms with Gasteiger partial charge in [-0.25, -0.2) is 0 Å². The number of thiophene rings is 1. The standard InChI is InChI=1S/C7H7O2S.Rb/c1-5-7-6(4-10-5)8-2-3-9-7;/h2-3H2,1H3;/q-1;+1. The van der Waals surface area contributed by atoms with Gasteiger partial charge in [0.15, 0.2) is 0 Å². The molecule has 0 spiro atoms. The molecule has 4 heteroatoms. The molecule has 2 heterocycles. The molecule has 1 aromatic heterocycles. The van der Waals surface area contributed by atoms with Crippen LogP contribution in [0.4, 0.5) is 0 Å². The second-order valence-electron chi connectivity index (χ2n) is 2.12. The van der Waals surface area contributed by atoms with E-state index < -0.39 is 0 Å². The summed E-state index contributed by atoms with van der Waals surface area (Å²) in [6.45, 7) is 3.33. The van der Waals surface area contributed by atoms with E-state index in [1.165, 1.54) is 0 Å². The molecule has 11 heavy (non-hydrogen) atoms. The zero-order valence-electron chi connectivity index (χ0n) is 6.64. The number of aryl methyl sites for hydroxylation is 1. The Morgan fingerprint density at radius 1 is 1.36 bits per heavy atom. The van der Waals surface area contributed by atoms with Gasteiger partial charge in [0.1, 0.15) is 13.2 Å². The monoisotopic (exact) mass is 240 g/mol. The van der Waals surface area contributed by atoms with E-state index in [0.29, 0.717) is 13.2 Å². The largest absolute Gasteiger partial charge is 1.00 e. The molecule has 0 aliphatic carbocycles. The average Bonchev–Trinajstić information content (AvgIpc) is 2.34. The zero-order valence-corrected chi connectivity index (χ0v) is 12.4. The van der Waals surface area contributed by atoms with Crippen molar-refractivity contribution in [2.75, 3.05) is 13.2 Å². The van der Waals surface area contributed by atoms with Crippen LogP contribution in [-0.2, 0) is 0 Å². The van der Waals surface area contributed by atoms with Gasteiger partial charge in [-0.3, -0.25) is 11.3 Å². The van der Waals surface area contributed by atoms with Crippen molar-refractivity contribution in [3.63, 3.8) is 0 Å². The Bertz CT molecular complexity index is 247. The van der Waals surface area contributed by atoms with Crippen molar-refractivity contribution >= 4 is 11.3 Å². The van der Waals surface area contributed by atoms with Crippen LogP contribution in [0.3, 0.4) is 0 Å². The summed E-state index contributed by atoms with van der Waals surface area (Å²) >= 11 is 1.55. The third kappa shape index (κ3) is 2.07.